The van der Waals surface area contributed by atoms with Crippen molar-refractivity contribution in [2.75, 3.05) is 0 Å². The Labute approximate surface area is 171 Å². The van der Waals surface area contributed by atoms with Gasteiger partial charge in [-0.15, -0.1) is 22.7 Å². The zero-order chi connectivity index (χ0) is 18.8. The highest BCUT2D eigenvalue weighted by atomic mass is 32.1. The first kappa shape index (κ1) is 17.0. The van der Waals surface area contributed by atoms with E-state index in [4.69, 9.17) is 9.97 Å². The molecule has 0 saturated carbocycles. The summed E-state index contributed by atoms with van der Waals surface area (Å²) in [5, 5.41) is 2.03. The smallest absolute Gasteiger partial charge is 0.117 e. The third-order valence-electron chi connectivity index (χ3n) is 4.37. The van der Waals surface area contributed by atoms with E-state index >= 15 is 0 Å². The molecule has 0 atom stereocenters. The monoisotopic (exact) mass is 396 g/mol. The molecule has 0 N–H and O–H groups in total. The summed E-state index contributed by atoms with van der Waals surface area (Å²) in [5.74, 6) is 0. The van der Waals surface area contributed by atoms with Crippen LogP contribution in [0.5, 0.6) is 0 Å². The van der Waals surface area contributed by atoms with E-state index in [1.165, 1.54) is 20.5 Å². The summed E-state index contributed by atoms with van der Waals surface area (Å²) < 4.78 is 2.39. The van der Waals surface area contributed by atoms with Crippen LogP contribution in [0.25, 0.3) is 44.7 Å². The lowest BCUT2D eigenvalue weighted by molar-refractivity contribution is 1.44. The number of fused-ring (bicyclic) bond motifs is 2. The number of rotatable bonds is 4. The Morgan fingerprint density at radius 1 is 0.536 bits per heavy atom. The third-order valence-corrected chi connectivity index (χ3v) is 6.33. The second kappa shape index (κ2) is 7.50. The van der Waals surface area contributed by atoms with Crippen LogP contribution in [-0.4, -0.2) is 9.97 Å². The Bertz CT molecular complexity index is 1150. The molecule has 2 nitrogen and oxygen atoms in total. The number of nitrogens with zero attached hydrogens (tertiary/aromatic N) is 2. The van der Waals surface area contributed by atoms with Crippen LogP contribution < -0.4 is 0 Å². The molecule has 0 saturated heterocycles. The van der Waals surface area contributed by atoms with Crippen LogP contribution in [0, 0.1) is 0 Å². The zero-order valence-corrected chi connectivity index (χ0v) is 16.6. The largest absolute Gasteiger partial charge is 0.237 e. The van der Waals surface area contributed by atoms with Crippen LogP contribution in [-0.2, 0) is 0 Å². The van der Waals surface area contributed by atoms with Gasteiger partial charge in [0.1, 0.15) is 10.0 Å². The second-order valence-electron chi connectivity index (χ2n) is 6.38. The van der Waals surface area contributed by atoms with Crippen molar-refractivity contribution < 1.29 is 0 Å². The molecule has 5 aromatic rings. The fourth-order valence-electron chi connectivity index (χ4n) is 2.99. The van der Waals surface area contributed by atoms with E-state index in [0.29, 0.717) is 0 Å². The van der Waals surface area contributed by atoms with Crippen LogP contribution in [0.1, 0.15) is 21.1 Å². The van der Waals surface area contributed by atoms with Gasteiger partial charge in [-0.3, -0.25) is 0 Å². The molecule has 28 heavy (non-hydrogen) atoms. The maximum Gasteiger partial charge on any atom is 0.117 e. The van der Waals surface area contributed by atoms with E-state index in [-0.39, 0.29) is 0 Å². The zero-order valence-electron chi connectivity index (χ0n) is 14.9. The first-order valence-electron chi connectivity index (χ1n) is 9.01. The average Bonchev–Trinajstić information content (AvgIpc) is 3.32. The standard InChI is InChI=1S/C24H16N2S2/c1-3-7-17(8-4-1)11-13-23-25-19-15-20-22(16-21(19)27-23)28-24(26-20)14-12-18-9-5-2-6-10-18/h1-16H. The molecule has 0 spiro atoms. The van der Waals surface area contributed by atoms with Crippen molar-refractivity contribution in [1.29, 1.82) is 0 Å². The first-order valence-corrected chi connectivity index (χ1v) is 10.6. The Morgan fingerprint density at radius 3 is 1.46 bits per heavy atom. The van der Waals surface area contributed by atoms with Crippen molar-refractivity contribution >= 4 is 67.4 Å². The maximum absolute atomic E-state index is 4.76. The van der Waals surface area contributed by atoms with Crippen molar-refractivity contribution in [3.63, 3.8) is 0 Å². The molecule has 0 aliphatic rings. The maximum atomic E-state index is 4.76. The minimum Gasteiger partial charge on any atom is -0.237 e. The summed E-state index contributed by atoms with van der Waals surface area (Å²) in [7, 11) is 0. The minimum atomic E-state index is 1.01. The van der Waals surface area contributed by atoms with Gasteiger partial charge in [-0.1, -0.05) is 72.8 Å². The Balaban J connectivity index is 1.44. The van der Waals surface area contributed by atoms with Gasteiger partial charge < -0.3 is 0 Å². The van der Waals surface area contributed by atoms with Crippen molar-refractivity contribution in [3.8, 4) is 0 Å². The molecule has 0 unspecified atom stereocenters. The fourth-order valence-corrected chi connectivity index (χ4v) is 4.85. The lowest BCUT2D eigenvalue weighted by atomic mass is 10.2. The predicted octanol–water partition coefficient (Wildman–Crippen LogP) is 7.25. The van der Waals surface area contributed by atoms with Gasteiger partial charge >= 0.3 is 0 Å². The molecule has 0 aliphatic carbocycles. The summed E-state index contributed by atoms with van der Waals surface area (Å²) >= 11 is 3.43. The van der Waals surface area contributed by atoms with E-state index < -0.39 is 0 Å². The summed E-state index contributed by atoms with van der Waals surface area (Å²) in [6, 6.07) is 24.9. The van der Waals surface area contributed by atoms with E-state index in [1.54, 1.807) is 22.7 Å². The summed E-state index contributed by atoms with van der Waals surface area (Å²) in [6.07, 6.45) is 8.36. The van der Waals surface area contributed by atoms with Crippen molar-refractivity contribution in [2.24, 2.45) is 0 Å². The highest BCUT2D eigenvalue weighted by Crippen LogP contribution is 2.31. The van der Waals surface area contributed by atoms with E-state index in [0.717, 1.165) is 21.0 Å². The van der Waals surface area contributed by atoms with E-state index in [1.807, 2.05) is 36.4 Å². The number of hydrogen-bond donors (Lipinski definition) is 0. The van der Waals surface area contributed by atoms with Crippen LogP contribution in [0.3, 0.4) is 0 Å². The summed E-state index contributed by atoms with van der Waals surface area (Å²) in [6.45, 7) is 0. The molecule has 3 aromatic carbocycles. The van der Waals surface area contributed by atoms with Gasteiger partial charge in [0.05, 0.1) is 20.4 Å². The van der Waals surface area contributed by atoms with Gasteiger partial charge in [0.15, 0.2) is 0 Å². The van der Waals surface area contributed by atoms with Crippen LogP contribution >= 0.6 is 22.7 Å². The molecule has 5 rings (SSSR count). The van der Waals surface area contributed by atoms with Gasteiger partial charge in [-0.2, -0.15) is 0 Å². The lowest BCUT2D eigenvalue weighted by Gasteiger charge is -1.89. The molecule has 2 heterocycles. The first-order chi connectivity index (χ1) is 13.8. The normalized spacial score (nSPS) is 12.0. The second-order valence-corrected chi connectivity index (χ2v) is 8.50. The van der Waals surface area contributed by atoms with Gasteiger partial charge in [0, 0.05) is 0 Å². The fraction of sp³-hybridized carbons (Fsp3) is 0. The molecule has 0 bridgehead atoms. The minimum absolute atomic E-state index is 1.01. The van der Waals surface area contributed by atoms with E-state index in [9.17, 15) is 0 Å². The molecule has 0 amide bonds. The van der Waals surface area contributed by atoms with Crippen molar-refractivity contribution in [2.45, 2.75) is 0 Å². The Kier molecular flexibility index (Phi) is 4.57. The number of thiazole rings is 2. The van der Waals surface area contributed by atoms with Crippen LogP contribution in [0.15, 0.2) is 72.8 Å². The molecular weight excluding hydrogens is 380 g/mol. The molecular formula is C24H16N2S2. The highest BCUT2D eigenvalue weighted by Gasteiger charge is 2.07. The van der Waals surface area contributed by atoms with Gasteiger partial charge in [-0.25, -0.2) is 9.97 Å². The lowest BCUT2D eigenvalue weighted by Crippen LogP contribution is -1.73. The van der Waals surface area contributed by atoms with Gasteiger partial charge in [0.25, 0.3) is 0 Å². The topological polar surface area (TPSA) is 25.8 Å². The molecule has 134 valence electrons. The average molecular weight is 397 g/mol. The molecule has 4 heteroatoms. The van der Waals surface area contributed by atoms with Crippen molar-refractivity contribution in [1.82, 2.24) is 9.97 Å². The Morgan fingerprint density at radius 2 is 1.00 bits per heavy atom. The quantitative estimate of drug-likeness (QED) is 0.320. The third kappa shape index (κ3) is 3.65. The van der Waals surface area contributed by atoms with Crippen molar-refractivity contribution in [3.05, 3.63) is 93.9 Å². The van der Waals surface area contributed by atoms with Gasteiger partial charge in [0.2, 0.25) is 0 Å². The van der Waals surface area contributed by atoms with Gasteiger partial charge in [-0.05, 0) is 35.4 Å². The molecule has 0 fully saturated rings. The molecule has 0 aliphatic heterocycles. The van der Waals surface area contributed by atoms with E-state index in [2.05, 4.69) is 60.7 Å². The summed E-state index contributed by atoms with van der Waals surface area (Å²) in [5.41, 5.74) is 4.38. The molecule has 2 aromatic heterocycles. The number of hydrogen-bond acceptors (Lipinski definition) is 4. The Hall–Kier alpha value is -3.08. The number of aromatic nitrogens is 2. The number of benzene rings is 3. The van der Waals surface area contributed by atoms with Crippen LogP contribution in [0.2, 0.25) is 0 Å². The molecule has 0 radical (unpaired) electrons. The summed E-state index contributed by atoms with van der Waals surface area (Å²) in [4.78, 5) is 9.52. The van der Waals surface area contributed by atoms with Crippen LogP contribution in [0.4, 0.5) is 0 Å². The predicted molar refractivity (Wildman–Crippen MR) is 124 cm³/mol. The highest BCUT2D eigenvalue weighted by molar-refractivity contribution is 7.21. The SMILES string of the molecule is C(=Cc1nc2cc3nc(C=Cc4ccccc4)sc3cc2s1)c1ccccc1.